The highest BCUT2D eigenvalue weighted by atomic mass is 35.5. The van der Waals surface area contributed by atoms with Gasteiger partial charge in [0.2, 0.25) is 11.8 Å². The van der Waals surface area contributed by atoms with Crippen LogP contribution in [0.2, 0.25) is 5.02 Å². The monoisotopic (exact) mass is 601 g/mol. The van der Waals surface area contributed by atoms with Crippen LogP contribution in [0.4, 0.5) is 10.1 Å². The molecule has 41 heavy (non-hydrogen) atoms. The number of rotatable bonds is 10. The minimum Gasteiger partial charge on any atom is -0.350 e. The first-order valence-corrected chi connectivity index (χ1v) is 15.2. The molecule has 0 fully saturated rings. The number of carbonyl (C=O) groups excluding carboxylic acids is 2. The number of nitrogens with zero attached hydrogens (tertiary/aromatic N) is 2. The average molecular weight is 602 g/mol. The van der Waals surface area contributed by atoms with E-state index in [0.29, 0.717) is 10.6 Å². The van der Waals surface area contributed by atoms with Crippen LogP contribution >= 0.6 is 11.6 Å². The summed E-state index contributed by atoms with van der Waals surface area (Å²) < 4.78 is 42.5. The fourth-order valence-corrected chi connectivity index (χ4v) is 5.84. The van der Waals surface area contributed by atoms with Gasteiger partial charge in [0, 0.05) is 17.1 Å². The Morgan fingerprint density at radius 1 is 0.976 bits per heavy atom. The third-order valence-corrected chi connectivity index (χ3v) is 8.68. The minimum absolute atomic E-state index is 0.00944. The molecule has 3 aromatic rings. The van der Waals surface area contributed by atoms with Crippen LogP contribution in [0.3, 0.4) is 0 Å². The number of carbonyl (C=O) groups is 2. The highest BCUT2D eigenvalue weighted by Crippen LogP contribution is 2.29. The van der Waals surface area contributed by atoms with Crippen molar-refractivity contribution in [1.29, 1.82) is 0 Å². The van der Waals surface area contributed by atoms with Gasteiger partial charge in [0.15, 0.2) is 0 Å². The van der Waals surface area contributed by atoms with E-state index in [2.05, 4.69) is 5.32 Å². The van der Waals surface area contributed by atoms with Crippen molar-refractivity contribution < 1.29 is 22.4 Å². The molecule has 0 saturated heterocycles. The summed E-state index contributed by atoms with van der Waals surface area (Å²) in [6.07, 6.45) is 0.274. The minimum atomic E-state index is -4.21. The lowest BCUT2D eigenvalue weighted by Crippen LogP contribution is -2.55. The molecule has 1 N–H and O–H groups in total. The van der Waals surface area contributed by atoms with E-state index in [4.69, 9.17) is 11.6 Å². The molecule has 2 amide bonds. The number of hydrogen-bond acceptors (Lipinski definition) is 4. The number of amides is 2. The third kappa shape index (κ3) is 8.30. The molecule has 3 rings (SSSR count). The summed E-state index contributed by atoms with van der Waals surface area (Å²) in [5.74, 6) is -1.41. The number of nitrogens with one attached hydrogen (secondary N) is 1. The molecule has 0 bridgehead atoms. The van der Waals surface area contributed by atoms with Gasteiger partial charge in [0.25, 0.3) is 10.0 Å². The standard InChI is InChI=1S/C31H37ClFN3O4S/c1-7-28(30(38)34-31(4,5)6)35(19-23-11-13-24(33)14-12-23)29(37)20-36(25-15-10-22(3)27(32)18-25)41(39,40)26-16-8-21(2)9-17-26/h8-18,28H,7,19-20H2,1-6H3,(H,34,38)/t28-/m1/s1. The summed E-state index contributed by atoms with van der Waals surface area (Å²) in [6, 6.07) is 15.8. The van der Waals surface area contributed by atoms with Gasteiger partial charge in [-0.25, -0.2) is 12.8 Å². The highest BCUT2D eigenvalue weighted by Gasteiger charge is 2.34. The lowest BCUT2D eigenvalue weighted by Gasteiger charge is -2.34. The molecule has 0 aliphatic carbocycles. The molecule has 3 aromatic carbocycles. The molecule has 10 heteroatoms. The smallest absolute Gasteiger partial charge is 0.264 e. The van der Waals surface area contributed by atoms with Crippen molar-refractivity contribution in [2.24, 2.45) is 0 Å². The Hall–Kier alpha value is -3.43. The fourth-order valence-electron chi connectivity index (χ4n) is 4.26. The van der Waals surface area contributed by atoms with E-state index in [1.807, 2.05) is 27.7 Å². The van der Waals surface area contributed by atoms with Gasteiger partial charge in [-0.05, 0) is 88.6 Å². The molecule has 0 aliphatic heterocycles. The number of aryl methyl sites for hydroxylation is 2. The van der Waals surface area contributed by atoms with Crippen LogP contribution in [0.1, 0.15) is 50.8 Å². The zero-order valence-electron chi connectivity index (χ0n) is 24.2. The molecule has 0 spiro atoms. The molecule has 220 valence electrons. The van der Waals surface area contributed by atoms with Crippen LogP contribution in [0.25, 0.3) is 0 Å². The van der Waals surface area contributed by atoms with E-state index in [9.17, 15) is 22.4 Å². The van der Waals surface area contributed by atoms with Gasteiger partial charge in [-0.3, -0.25) is 13.9 Å². The first-order chi connectivity index (χ1) is 19.1. The largest absolute Gasteiger partial charge is 0.350 e. The van der Waals surface area contributed by atoms with Crippen molar-refractivity contribution in [3.8, 4) is 0 Å². The van der Waals surface area contributed by atoms with Crippen molar-refractivity contribution in [3.05, 3.63) is 94.3 Å². The second kappa shape index (κ2) is 13.0. The van der Waals surface area contributed by atoms with Gasteiger partial charge in [0.05, 0.1) is 10.6 Å². The van der Waals surface area contributed by atoms with Gasteiger partial charge in [0.1, 0.15) is 18.4 Å². The lowest BCUT2D eigenvalue weighted by atomic mass is 10.1. The molecule has 0 heterocycles. The zero-order valence-corrected chi connectivity index (χ0v) is 25.8. The Labute approximate surface area is 247 Å². The molecule has 0 radical (unpaired) electrons. The lowest BCUT2D eigenvalue weighted by molar-refractivity contribution is -0.141. The number of anilines is 1. The van der Waals surface area contributed by atoms with Crippen LogP contribution in [0.15, 0.2) is 71.6 Å². The number of hydrogen-bond donors (Lipinski definition) is 1. The Morgan fingerprint density at radius 3 is 2.12 bits per heavy atom. The third-order valence-electron chi connectivity index (χ3n) is 6.48. The summed E-state index contributed by atoms with van der Waals surface area (Å²) in [4.78, 5) is 28.8. The van der Waals surface area contributed by atoms with E-state index >= 15 is 0 Å². The zero-order chi connectivity index (χ0) is 30.5. The molecular formula is C31H37ClFN3O4S. The van der Waals surface area contributed by atoms with Crippen LogP contribution in [0.5, 0.6) is 0 Å². The normalized spacial score (nSPS) is 12.5. The predicted molar refractivity (Wildman–Crippen MR) is 161 cm³/mol. The second-order valence-corrected chi connectivity index (χ2v) is 13.3. The average Bonchev–Trinajstić information content (AvgIpc) is 2.89. The number of benzene rings is 3. The maximum absolute atomic E-state index is 14.1. The Bertz CT molecular complexity index is 1490. The van der Waals surface area contributed by atoms with Gasteiger partial charge in [-0.1, -0.05) is 54.4 Å². The highest BCUT2D eigenvalue weighted by molar-refractivity contribution is 7.92. The summed E-state index contributed by atoms with van der Waals surface area (Å²) in [7, 11) is -4.21. The SMILES string of the molecule is CC[C@H](C(=O)NC(C)(C)C)N(Cc1ccc(F)cc1)C(=O)CN(c1ccc(C)c(Cl)c1)S(=O)(=O)c1ccc(C)cc1. The fraction of sp³-hybridized carbons (Fsp3) is 0.355. The Morgan fingerprint density at radius 2 is 1.59 bits per heavy atom. The van der Waals surface area contributed by atoms with Crippen molar-refractivity contribution in [2.75, 3.05) is 10.8 Å². The molecule has 1 atom stereocenters. The second-order valence-electron chi connectivity index (χ2n) is 11.1. The topological polar surface area (TPSA) is 86.8 Å². The van der Waals surface area contributed by atoms with Crippen LogP contribution in [0, 0.1) is 19.7 Å². The summed E-state index contributed by atoms with van der Waals surface area (Å²) in [5, 5.41) is 3.26. The number of halogens is 2. The number of sulfonamides is 1. The first kappa shape index (κ1) is 32.1. The molecule has 0 aliphatic rings. The summed E-state index contributed by atoms with van der Waals surface area (Å²) in [6.45, 7) is 10.3. The Kier molecular flexibility index (Phi) is 10.2. The predicted octanol–water partition coefficient (Wildman–Crippen LogP) is 6.01. The van der Waals surface area contributed by atoms with Gasteiger partial charge in [-0.2, -0.15) is 0 Å². The van der Waals surface area contributed by atoms with E-state index in [0.717, 1.165) is 15.4 Å². The Balaban J connectivity index is 2.09. The van der Waals surface area contributed by atoms with E-state index in [1.165, 1.54) is 47.4 Å². The van der Waals surface area contributed by atoms with E-state index in [1.54, 1.807) is 38.1 Å². The van der Waals surface area contributed by atoms with Crippen molar-refractivity contribution >= 4 is 39.1 Å². The van der Waals surface area contributed by atoms with E-state index in [-0.39, 0.29) is 29.5 Å². The van der Waals surface area contributed by atoms with Crippen molar-refractivity contribution in [1.82, 2.24) is 10.2 Å². The van der Waals surface area contributed by atoms with Gasteiger partial charge < -0.3 is 10.2 Å². The molecule has 7 nitrogen and oxygen atoms in total. The molecule has 0 saturated carbocycles. The quantitative estimate of drug-likeness (QED) is 0.308. The van der Waals surface area contributed by atoms with Crippen LogP contribution in [-0.2, 0) is 26.2 Å². The van der Waals surface area contributed by atoms with E-state index < -0.39 is 39.9 Å². The summed E-state index contributed by atoms with van der Waals surface area (Å²) in [5.41, 5.74) is 1.87. The van der Waals surface area contributed by atoms with Crippen molar-refractivity contribution in [2.45, 2.75) is 71.0 Å². The van der Waals surface area contributed by atoms with Crippen LogP contribution in [-0.4, -0.2) is 43.3 Å². The molecular weight excluding hydrogens is 565 g/mol. The van der Waals surface area contributed by atoms with Crippen molar-refractivity contribution in [3.63, 3.8) is 0 Å². The van der Waals surface area contributed by atoms with Crippen LogP contribution < -0.4 is 9.62 Å². The maximum Gasteiger partial charge on any atom is 0.264 e. The summed E-state index contributed by atoms with van der Waals surface area (Å²) >= 11 is 6.37. The maximum atomic E-state index is 14.1. The molecule has 0 aromatic heterocycles. The first-order valence-electron chi connectivity index (χ1n) is 13.3. The molecule has 0 unspecified atom stereocenters. The van der Waals surface area contributed by atoms with Gasteiger partial charge in [-0.15, -0.1) is 0 Å². The van der Waals surface area contributed by atoms with Gasteiger partial charge >= 0.3 is 0 Å².